The van der Waals surface area contributed by atoms with Crippen molar-refractivity contribution >= 4 is 10.8 Å². The largest absolute Gasteiger partial charge is 0.0616 e. The molecule has 0 saturated heterocycles. The first-order chi connectivity index (χ1) is 5.90. The summed E-state index contributed by atoms with van der Waals surface area (Å²) in [6, 6.07) is 14.9. The van der Waals surface area contributed by atoms with Crippen LogP contribution >= 0.6 is 0 Å². The number of fused-ring (bicyclic) bond motifs is 1. The Morgan fingerprint density at radius 3 is 2.42 bits per heavy atom. The van der Waals surface area contributed by atoms with Gasteiger partial charge in [-0.25, -0.2) is 0 Å². The summed E-state index contributed by atoms with van der Waals surface area (Å²) in [5, 5.41) is 2.62. The standard InChI is InChI=1S/C12H11/c1-2-10-7-8-11-5-3-4-6-12(11)9-10/h2-9H,1H3. The van der Waals surface area contributed by atoms with Gasteiger partial charge < -0.3 is 0 Å². The molecule has 1 radical (unpaired) electrons. The van der Waals surface area contributed by atoms with Gasteiger partial charge in [0.15, 0.2) is 0 Å². The summed E-state index contributed by atoms with van der Waals surface area (Å²) < 4.78 is 0. The molecule has 2 rings (SSSR count). The predicted octanol–water partition coefficient (Wildman–Crippen LogP) is 3.41. The average Bonchev–Trinajstić information content (AvgIpc) is 2.17. The first kappa shape index (κ1) is 7.35. The third-order valence-electron chi connectivity index (χ3n) is 2.11. The van der Waals surface area contributed by atoms with Crippen LogP contribution in [0.2, 0.25) is 0 Å². The molecule has 2 aromatic carbocycles. The molecule has 0 heterocycles. The highest BCUT2D eigenvalue weighted by Crippen LogP contribution is 2.16. The van der Waals surface area contributed by atoms with E-state index in [4.69, 9.17) is 0 Å². The molecule has 0 aliphatic heterocycles. The molecule has 0 bridgehead atoms. The van der Waals surface area contributed by atoms with Crippen molar-refractivity contribution in [2.75, 3.05) is 0 Å². The fourth-order valence-corrected chi connectivity index (χ4v) is 1.39. The van der Waals surface area contributed by atoms with Crippen molar-refractivity contribution in [2.45, 2.75) is 6.92 Å². The molecule has 0 spiro atoms. The van der Waals surface area contributed by atoms with Gasteiger partial charge >= 0.3 is 0 Å². The van der Waals surface area contributed by atoms with E-state index in [2.05, 4.69) is 55.8 Å². The first-order valence-electron chi connectivity index (χ1n) is 4.18. The number of hydrogen-bond acceptors (Lipinski definition) is 0. The molecule has 0 saturated carbocycles. The third kappa shape index (κ3) is 1.20. The molecule has 59 valence electrons. The van der Waals surface area contributed by atoms with E-state index in [1.54, 1.807) is 0 Å². The monoisotopic (exact) mass is 155 g/mol. The number of benzene rings is 2. The Balaban J connectivity index is 2.67. The van der Waals surface area contributed by atoms with E-state index in [0.717, 1.165) is 0 Å². The van der Waals surface area contributed by atoms with Gasteiger partial charge in [0.2, 0.25) is 0 Å². The van der Waals surface area contributed by atoms with E-state index in [-0.39, 0.29) is 0 Å². The zero-order valence-corrected chi connectivity index (χ0v) is 7.12. The van der Waals surface area contributed by atoms with Crippen molar-refractivity contribution in [3.63, 3.8) is 0 Å². The van der Waals surface area contributed by atoms with E-state index >= 15 is 0 Å². The molecule has 0 N–H and O–H groups in total. The molecule has 0 amide bonds. The zero-order chi connectivity index (χ0) is 8.39. The van der Waals surface area contributed by atoms with Crippen LogP contribution in [0.15, 0.2) is 42.5 Å². The lowest BCUT2D eigenvalue weighted by Gasteiger charge is -1.99. The topological polar surface area (TPSA) is 0 Å². The SMILES string of the molecule is C[CH]c1ccc2ccccc2c1. The van der Waals surface area contributed by atoms with Crippen LogP contribution in [-0.2, 0) is 0 Å². The van der Waals surface area contributed by atoms with Gasteiger partial charge in [0.05, 0.1) is 0 Å². The Kier molecular flexibility index (Phi) is 1.83. The van der Waals surface area contributed by atoms with E-state index in [1.807, 2.05) is 0 Å². The molecule has 0 nitrogen and oxygen atoms in total. The number of hydrogen-bond donors (Lipinski definition) is 0. The van der Waals surface area contributed by atoms with Crippen molar-refractivity contribution in [1.82, 2.24) is 0 Å². The lowest BCUT2D eigenvalue weighted by Crippen LogP contribution is -1.77. The van der Waals surface area contributed by atoms with Crippen LogP contribution in [0.4, 0.5) is 0 Å². The minimum Gasteiger partial charge on any atom is -0.0616 e. The van der Waals surface area contributed by atoms with Crippen molar-refractivity contribution in [3.05, 3.63) is 54.4 Å². The Bertz CT molecular complexity index is 388. The Morgan fingerprint density at radius 2 is 1.67 bits per heavy atom. The first-order valence-corrected chi connectivity index (χ1v) is 4.18. The van der Waals surface area contributed by atoms with E-state index in [9.17, 15) is 0 Å². The maximum Gasteiger partial charge on any atom is -0.0124 e. The normalized spacial score (nSPS) is 10.4. The summed E-state index contributed by atoms with van der Waals surface area (Å²) in [5.41, 5.74) is 1.29. The van der Waals surface area contributed by atoms with Gasteiger partial charge in [-0.05, 0) is 22.8 Å². The highest BCUT2D eigenvalue weighted by Gasteiger charge is 1.92. The van der Waals surface area contributed by atoms with E-state index in [0.29, 0.717) is 0 Å². The highest BCUT2D eigenvalue weighted by atomic mass is 14.0. The second-order valence-electron chi connectivity index (χ2n) is 2.90. The summed E-state index contributed by atoms with van der Waals surface area (Å²) in [6.45, 7) is 2.06. The van der Waals surface area contributed by atoms with Gasteiger partial charge in [-0.3, -0.25) is 0 Å². The third-order valence-corrected chi connectivity index (χ3v) is 2.11. The van der Waals surface area contributed by atoms with Crippen molar-refractivity contribution in [2.24, 2.45) is 0 Å². The molecular formula is C12H11. The Morgan fingerprint density at radius 1 is 0.917 bits per heavy atom. The molecule has 0 atom stereocenters. The van der Waals surface area contributed by atoms with Crippen LogP contribution in [-0.4, -0.2) is 0 Å². The second-order valence-corrected chi connectivity index (χ2v) is 2.90. The number of rotatable bonds is 1. The maximum absolute atomic E-state index is 2.20. The van der Waals surface area contributed by atoms with Gasteiger partial charge in [0.25, 0.3) is 0 Å². The molecule has 0 unspecified atom stereocenters. The quantitative estimate of drug-likeness (QED) is 0.592. The lowest BCUT2D eigenvalue weighted by molar-refractivity contribution is 1.44. The smallest absolute Gasteiger partial charge is 0.0124 e. The molecule has 0 aliphatic rings. The molecule has 12 heavy (non-hydrogen) atoms. The molecule has 2 aromatic rings. The zero-order valence-electron chi connectivity index (χ0n) is 7.12. The van der Waals surface area contributed by atoms with E-state index in [1.165, 1.54) is 16.3 Å². The minimum atomic E-state index is 1.29. The maximum atomic E-state index is 2.20. The van der Waals surface area contributed by atoms with Crippen LogP contribution in [0.25, 0.3) is 10.8 Å². The fraction of sp³-hybridized carbons (Fsp3) is 0.0833. The summed E-state index contributed by atoms with van der Waals surface area (Å²) in [6.07, 6.45) is 2.12. The van der Waals surface area contributed by atoms with Gasteiger partial charge in [-0.1, -0.05) is 49.4 Å². The summed E-state index contributed by atoms with van der Waals surface area (Å²) in [5.74, 6) is 0. The van der Waals surface area contributed by atoms with Gasteiger partial charge in [-0.2, -0.15) is 0 Å². The van der Waals surface area contributed by atoms with E-state index < -0.39 is 0 Å². The summed E-state index contributed by atoms with van der Waals surface area (Å²) in [7, 11) is 0. The molecule has 0 aliphatic carbocycles. The molecule has 0 fully saturated rings. The summed E-state index contributed by atoms with van der Waals surface area (Å²) >= 11 is 0. The van der Waals surface area contributed by atoms with Crippen LogP contribution < -0.4 is 0 Å². The Hall–Kier alpha value is -1.30. The average molecular weight is 155 g/mol. The Labute approximate surface area is 72.8 Å². The minimum absolute atomic E-state index is 1.29. The lowest BCUT2D eigenvalue weighted by atomic mass is 10.1. The summed E-state index contributed by atoms with van der Waals surface area (Å²) in [4.78, 5) is 0. The highest BCUT2D eigenvalue weighted by molar-refractivity contribution is 5.83. The van der Waals surface area contributed by atoms with Crippen LogP contribution in [0.5, 0.6) is 0 Å². The van der Waals surface area contributed by atoms with Crippen LogP contribution in [0.1, 0.15) is 12.5 Å². The second kappa shape index (κ2) is 2.98. The van der Waals surface area contributed by atoms with Crippen molar-refractivity contribution in [3.8, 4) is 0 Å². The molecule has 0 aromatic heterocycles. The predicted molar refractivity (Wildman–Crippen MR) is 53.0 cm³/mol. The van der Waals surface area contributed by atoms with Gasteiger partial charge in [0.1, 0.15) is 0 Å². The molecular weight excluding hydrogens is 144 g/mol. The van der Waals surface area contributed by atoms with Crippen LogP contribution in [0.3, 0.4) is 0 Å². The van der Waals surface area contributed by atoms with Crippen molar-refractivity contribution in [1.29, 1.82) is 0 Å². The molecule has 0 heteroatoms. The fourth-order valence-electron chi connectivity index (χ4n) is 1.39. The van der Waals surface area contributed by atoms with Gasteiger partial charge in [0, 0.05) is 0 Å². The van der Waals surface area contributed by atoms with Gasteiger partial charge in [-0.15, -0.1) is 0 Å². The van der Waals surface area contributed by atoms with Crippen molar-refractivity contribution < 1.29 is 0 Å². The van der Waals surface area contributed by atoms with Crippen LogP contribution in [0, 0.1) is 6.42 Å².